The summed E-state index contributed by atoms with van der Waals surface area (Å²) in [6, 6.07) is 21.5. The third kappa shape index (κ3) is 6.85. The molecule has 2 heterocycles. The number of pyridine rings is 1. The summed E-state index contributed by atoms with van der Waals surface area (Å²) in [7, 11) is 0. The van der Waals surface area contributed by atoms with Crippen molar-refractivity contribution in [2.24, 2.45) is 5.92 Å². The van der Waals surface area contributed by atoms with Crippen molar-refractivity contribution in [1.82, 2.24) is 20.1 Å². The summed E-state index contributed by atoms with van der Waals surface area (Å²) in [4.78, 5) is 22.5. The van der Waals surface area contributed by atoms with Gasteiger partial charge >= 0.3 is 0 Å². The molecule has 4 atom stereocenters. The van der Waals surface area contributed by atoms with Gasteiger partial charge in [-0.1, -0.05) is 60.7 Å². The number of hydrogen-bond donors (Lipinski definition) is 3. The monoisotopic (exact) mass is 514 g/mol. The van der Waals surface area contributed by atoms with Crippen molar-refractivity contribution >= 4 is 5.91 Å². The van der Waals surface area contributed by atoms with E-state index in [-0.39, 0.29) is 11.8 Å². The van der Waals surface area contributed by atoms with E-state index in [1.165, 1.54) is 5.56 Å². The van der Waals surface area contributed by atoms with Gasteiger partial charge in [0.05, 0.1) is 18.2 Å². The maximum Gasteiger partial charge on any atom is 0.224 e. The first kappa shape index (κ1) is 26.5. The van der Waals surface area contributed by atoms with E-state index in [9.17, 15) is 15.0 Å². The van der Waals surface area contributed by atoms with Crippen LogP contribution in [-0.2, 0) is 24.2 Å². The van der Waals surface area contributed by atoms with Crippen LogP contribution < -0.4 is 5.32 Å². The Morgan fingerprint density at radius 3 is 2.42 bits per heavy atom. The van der Waals surface area contributed by atoms with E-state index in [0.29, 0.717) is 25.8 Å². The van der Waals surface area contributed by atoms with E-state index in [0.717, 1.165) is 49.4 Å². The van der Waals surface area contributed by atoms with Gasteiger partial charge < -0.3 is 15.5 Å². The molecule has 1 aliphatic heterocycles. The Balaban J connectivity index is 1.18. The molecular formula is C31H38N4O3. The molecule has 0 unspecified atom stereocenters. The summed E-state index contributed by atoms with van der Waals surface area (Å²) < 4.78 is 0. The molecule has 0 radical (unpaired) electrons. The van der Waals surface area contributed by atoms with Crippen LogP contribution in [0.5, 0.6) is 0 Å². The number of fused-ring (bicyclic) bond motifs is 1. The zero-order chi connectivity index (χ0) is 26.3. The standard InChI is InChI=1S/C31H38N4O3/c36-27(22-35-15-13-34(14-16-35)21-24-9-6-12-32-20-24)18-26(17-23-7-2-1-3-8-23)31(38)33-30-28-11-5-4-10-25(28)19-29(30)37/h1-12,20,26-27,29-30,36-37H,13-19,21-22H2,(H,33,38)/t26-,27+,29-,30+/m1/s1. The molecule has 2 aliphatic rings. The fourth-order valence-electron chi connectivity index (χ4n) is 5.78. The van der Waals surface area contributed by atoms with Gasteiger partial charge in [-0.2, -0.15) is 0 Å². The van der Waals surface area contributed by atoms with Crippen molar-refractivity contribution in [2.45, 2.75) is 44.1 Å². The lowest BCUT2D eigenvalue weighted by molar-refractivity contribution is -0.127. The number of carbonyl (C=O) groups is 1. The van der Waals surface area contributed by atoms with Crippen LogP contribution in [0.15, 0.2) is 79.1 Å². The molecule has 200 valence electrons. The predicted octanol–water partition coefficient (Wildman–Crippen LogP) is 2.58. The van der Waals surface area contributed by atoms with Crippen LogP contribution in [0.4, 0.5) is 0 Å². The molecule has 1 amide bonds. The number of aromatic nitrogens is 1. The summed E-state index contributed by atoms with van der Waals surface area (Å²) >= 11 is 0. The molecule has 0 bridgehead atoms. The topological polar surface area (TPSA) is 88.9 Å². The molecule has 1 saturated heterocycles. The molecule has 3 aromatic rings. The van der Waals surface area contributed by atoms with Gasteiger partial charge in [-0.3, -0.25) is 19.6 Å². The van der Waals surface area contributed by atoms with Crippen molar-refractivity contribution in [1.29, 1.82) is 0 Å². The van der Waals surface area contributed by atoms with Gasteiger partial charge in [0, 0.05) is 64.0 Å². The first-order valence-corrected chi connectivity index (χ1v) is 13.7. The van der Waals surface area contributed by atoms with Crippen molar-refractivity contribution in [2.75, 3.05) is 32.7 Å². The number of nitrogens with one attached hydrogen (secondary N) is 1. The third-order valence-electron chi connectivity index (χ3n) is 7.82. The van der Waals surface area contributed by atoms with Crippen molar-refractivity contribution in [3.63, 3.8) is 0 Å². The summed E-state index contributed by atoms with van der Waals surface area (Å²) in [5.41, 5.74) is 4.34. The van der Waals surface area contributed by atoms with Gasteiger partial charge in [0.15, 0.2) is 0 Å². The quantitative estimate of drug-likeness (QED) is 0.386. The Labute approximate surface area is 225 Å². The number of carbonyl (C=O) groups excluding carboxylic acids is 1. The SMILES string of the molecule is O=C(N[C@H]1c2ccccc2C[C@H]1O)[C@H](Cc1ccccc1)C[C@H](O)CN1CCN(Cc2cccnc2)CC1. The van der Waals surface area contributed by atoms with Crippen LogP contribution in [0.1, 0.15) is 34.7 Å². The van der Waals surface area contributed by atoms with Crippen molar-refractivity contribution < 1.29 is 15.0 Å². The second-order valence-corrected chi connectivity index (χ2v) is 10.7. The minimum atomic E-state index is -0.637. The number of aliphatic hydroxyl groups excluding tert-OH is 2. The molecule has 5 rings (SSSR count). The normalized spacial score (nSPS) is 21.5. The number of benzene rings is 2. The minimum absolute atomic E-state index is 0.116. The number of β-amino-alcohol motifs (C(OH)–C–C–N with tert-alkyl or cyclic N) is 1. The molecule has 7 heteroatoms. The first-order chi connectivity index (χ1) is 18.5. The number of nitrogens with zero attached hydrogens (tertiary/aromatic N) is 3. The number of hydrogen-bond acceptors (Lipinski definition) is 6. The average Bonchev–Trinajstić information content (AvgIpc) is 3.25. The highest BCUT2D eigenvalue weighted by atomic mass is 16.3. The molecule has 2 aromatic carbocycles. The van der Waals surface area contributed by atoms with Gasteiger partial charge in [-0.15, -0.1) is 0 Å². The maximum absolute atomic E-state index is 13.5. The van der Waals surface area contributed by atoms with Gasteiger partial charge in [0.25, 0.3) is 0 Å². The van der Waals surface area contributed by atoms with Crippen LogP contribution in [0.3, 0.4) is 0 Å². The molecule has 38 heavy (non-hydrogen) atoms. The van der Waals surface area contributed by atoms with E-state index in [2.05, 4.69) is 26.2 Å². The number of piperazine rings is 1. The molecule has 1 aliphatic carbocycles. The lowest BCUT2D eigenvalue weighted by Gasteiger charge is -2.36. The van der Waals surface area contributed by atoms with Crippen LogP contribution in [-0.4, -0.2) is 75.8 Å². The largest absolute Gasteiger partial charge is 0.392 e. The highest BCUT2D eigenvalue weighted by Gasteiger charge is 2.34. The second-order valence-electron chi connectivity index (χ2n) is 10.7. The number of aliphatic hydroxyl groups is 2. The highest BCUT2D eigenvalue weighted by molar-refractivity contribution is 5.79. The zero-order valence-electron chi connectivity index (χ0n) is 21.8. The maximum atomic E-state index is 13.5. The Bertz CT molecular complexity index is 1170. The summed E-state index contributed by atoms with van der Waals surface area (Å²) in [5, 5.41) is 24.9. The van der Waals surface area contributed by atoms with E-state index in [1.807, 2.05) is 66.9 Å². The van der Waals surface area contributed by atoms with Gasteiger partial charge in [-0.25, -0.2) is 0 Å². The Morgan fingerprint density at radius 2 is 1.66 bits per heavy atom. The van der Waals surface area contributed by atoms with Gasteiger partial charge in [0.2, 0.25) is 5.91 Å². The zero-order valence-corrected chi connectivity index (χ0v) is 21.8. The second kappa shape index (κ2) is 12.6. The molecular weight excluding hydrogens is 476 g/mol. The molecule has 7 nitrogen and oxygen atoms in total. The number of amides is 1. The molecule has 1 aromatic heterocycles. The number of rotatable bonds is 10. The van der Waals surface area contributed by atoms with E-state index in [1.54, 1.807) is 6.20 Å². The fourth-order valence-corrected chi connectivity index (χ4v) is 5.78. The lowest BCUT2D eigenvalue weighted by atomic mass is 9.92. The average molecular weight is 515 g/mol. The Morgan fingerprint density at radius 1 is 0.947 bits per heavy atom. The Hall–Kier alpha value is -3.10. The van der Waals surface area contributed by atoms with Crippen LogP contribution in [0.2, 0.25) is 0 Å². The summed E-state index contributed by atoms with van der Waals surface area (Å²) in [6.45, 7) is 5.09. The Kier molecular flexibility index (Phi) is 8.81. The van der Waals surface area contributed by atoms with Crippen molar-refractivity contribution in [3.8, 4) is 0 Å². The molecule has 1 fully saturated rings. The lowest BCUT2D eigenvalue weighted by Crippen LogP contribution is -2.48. The van der Waals surface area contributed by atoms with E-state index < -0.39 is 18.2 Å². The smallest absolute Gasteiger partial charge is 0.224 e. The third-order valence-corrected chi connectivity index (χ3v) is 7.82. The van der Waals surface area contributed by atoms with Gasteiger partial charge in [-0.05, 0) is 41.2 Å². The fraction of sp³-hybridized carbons (Fsp3) is 0.419. The molecule has 3 N–H and O–H groups in total. The predicted molar refractivity (Wildman–Crippen MR) is 147 cm³/mol. The van der Waals surface area contributed by atoms with E-state index >= 15 is 0 Å². The summed E-state index contributed by atoms with van der Waals surface area (Å²) in [6.07, 6.45) is 3.93. The molecule has 0 spiro atoms. The van der Waals surface area contributed by atoms with Crippen LogP contribution >= 0.6 is 0 Å². The van der Waals surface area contributed by atoms with Gasteiger partial charge in [0.1, 0.15) is 0 Å². The van der Waals surface area contributed by atoms with E-state index in [4.69, 9.17) is 0 Å². The van der Waals surface area contributed by atoms with Crippen LogP contribution in [0, 0.1) is 5.92 Å². The first-order valence-electron chi connectivity index (χ1n) is 13.7. The summed E-state index contributed by atoms with van der Waals surface area (Å²) in [5.74, 6) is -0.505. The molecule has 0 saturated carbocycles. The highest BCUT2D eigenvalue weighted by Crippen LogP contribution is 2.32. The van der Waals surface area contributed by atoms with Crippen LogP contribution in [0.25, 0.3) is 0 Å². The minimum Gasteiger partial charge on any atom is -0.392 e. The van der Waals surface area contributed by atoms with Crippen molar-refractivity contribution in [3.05, 3.63) is 101 Å².